The van der Waals surface area contributed by atoms with E-state index in [4.69, 9.17) is 5.73 Å². The van der Waals surface area contributed by atoms with Gasteiger partial charge < -0.3 is 37.1 Å². The van der Waals surface area contributed by atoms with Gasteiger partial charge in [0.25, 0.3) is 11.8 Å². The van der Waals surface area contributed by atoms with Gasteiger partial charge in [0.2, 0.25) is 11.8 Å². The zero-order valence-corrected chi connectivity index (χ0v) is 27.0. The van der Waals surface area contributed by atoms with Gasteiger partial charge in [0, 0.05) is 59.7 Å². The van der Waals surface area contributed by atoms with E-state index in [0.29, 0.717) is 16.8 Å². The van der Waals surface area contributed by atoms with Crippen LogP contribution in [0.4, 0.5) is 10.8 Å². The van der Waals surface area contributed by atoms with E-state index in [0.717, 1.165) is 16.2 Å². The normalized spacial score (nSPS) is 20.6. The number of nitrogen functional groups attached to an aromatic ring is 1. The number of thiazole rings is 1. The van der Waals surface area contributed by atoms with Gasteiger partial charge in [-0.3, -0.25) is 29.1 Å². The number of anilines is 2. The van der Waals surface area contributed by atoms with E-state index in [1.165, 1.54) is 41.7 Å². The second kappa shape index (κ2) is 13.8. The quantitative estimate of drug-likeness (QED) is 0.0520. The van der Waals surface area contributed by atoms with Crippen LogP contribution in [0.25, 0.3) is 0 Å². The lowest BCUT2D eigenvalue weighted by Crippen LogP contribution is -2.71. The van der Waals surface area contributed by atoms with E-state index in [-0.39, 0.29) is 58.6 Å². The van der Waals surface area contributed by atoms with Crippen molar-refractivity contribution in [2.24, 2.45) is 5.16 Å². The summed E-state index contributed by atoms with van der Waals surface area (Å²) in [5.41, 5.74) is 6.45. The first-order chi connectivity index (χ1) is 23.6. The molecular weight excluding hydrogens is 677 g/mol. The van der Waals surface area contributed by atoms with Crippen molar-refractivity contribution < 1.29 is 39.4 Å². The van der Waals surface area contributed by atoms with Crippen LogP contribution in [-0.2, 0) is 24.0 Å². The Bertz CT molecular complexity index is 1960. The van der Waals surface area contributed by atoms with Gasteiger partial charge in [-0.05, 0) is 47.4 Å². The minimum atomic E-state index is -1.44. The Morgan fingerprint density at radius 1 is 1.18 bits per heavy atom. The molecule has 6 rings (SSSR count). The van der Waals surface area contributed by atoms with Crippen LogP contribution in [-0.4, -0.2) is 89.3 Å². The van der Waals surface area contributed by atoms with Gasteiger partial charge in [0.15, 0.2) is 10.8 Å². The van der Waals surface area contributed by atoms with Crippen molar-refractivity contribution in [3.8, 4) is 5.75 Å². The predicted molar refractivity (Wildman–Crippen MR) is 178 cm³/mol. The van der Waals surface area contributed by atoms with Crippen LogP contribution in [0.1, 0.15) is 30.0 Å². The molecule has 49 heavy (non-hydrogen) atoms. The van der Waals surface area contributed by atoms with Crippen molar-refractivity contribution >= 4 is 69.2 Å². The average molecular weight is 705 g/mol. The second-order valence-corrected chi connectivity index (χ2v) is 13.0. The van der Waals surface area contributed by atoms with Crippen LogP contribution in [0.5, 0.6) is 5.75 Å². The molecule has 252 valence electrons. The van der Waals surface area contributed by atoms with Crippen LogP contribution in [0.3, 0.4) is 0 Å². The molecule has 1 aromatic carbocycles. The van der Waals surface area contributed by atoms with E-state index in [1.54, 1.807) is 24.3 Å². The topological polar surface area (TPSA) is 250 Å². The summed E-state index contributed by atoms with van der Waals surface area (Å²) < 4.78 is 0. The number of benzene rings is 1. The number of hydrogen-bond donors (Lipinski definition) is 7. The summed E-state index contributed by atoms with van der Waals surface area (Å²) >= 11 is 2.18. The third kappa shape index (κ3) is 6.55. The number of nitrogens with two attached hydrogens (primary N) is 1. The zero-order chi connectivity index (χ0) is 34.8. The van der Waals surface area contributed by atoms with Crippen molar-refractivity contribution in [2.75, 3.05) is 23.3 Å². The molecule has 4 amide bonds. The number of pyridine rings is 1. The zero-order valence-electron chi connectivity index (χ0n) is 25.3. The van der Waals surface area contributed by atoms with Crippen LogP contribution in [0.15, 0.2) is 81.7 Å². The average Bonchev–Trinajstić information content (AvgIpc) is 3.71. The molecule has 3 atom stereocenters. The van der Waals surface area contributed by atoms with Gasteiger partial charge in [-0.1, -0.05) is 11.2 Å². The van der Waals surface area contributed by atoms with E-state index < -0.39 is 52.6 Å². The molecule has 3 aliphatic heterocycles. The first-order valence-corrected chi connectivity index (χ1v) is 16.7. The number of hydrogen-bond acceptors (Lipinski definition) is 13. The summed E-state index contributed by atoms with van der Waals surface area (Å²) in [5, 5.41) is 41.6. The largest absolute Gasteiger partial charge is 0.508 e. The number of phenolic OH excluding ortho intramolecular Hbond substituents is 1. The van der Waals surface area contributed by atoms with E-state index >= 15 is 0 Å². The first-order valence-electron chi connectivity index (χ1n) is 14.7. The van der Waals surface area contributed by atoms with Gasteiger partial charge in [-0.2, -0.15) is 0 Å². The molecule has 0 aliphatic carbocycles. The van der Waals surface area contributed by atoms with Crippen molar-refractivity contribution in [3.63, 3.8) is 0 Å². The number of β-lactam (4-membered cyclic amide) rings is 1. The molecule has 2 fully saturated rings. The molecule has 0 saturated carbocycles. The van der Waals surface area contributed by atoms with E-state index in [9.17, 15) is 39.4 Å². The number of aromatic hydroxyl groups is 1. The number of amides is 4. The Morgan fingerprint density at radius 2 is 1.96 bits per heavy atom. The number of carboxylic acids is 1. The van der Waals surface area contributed by atoms with Crippen molar-refractivity contribution in [3.05, 3.63) is 87.8 Å². The van der Waals surface area contributed by atoms with Crippen LogP contribution in [0, 0.1) is 0 Å². The number of aromatic nitrogens is 2. The number of allylic oxidation sites excluding steroid dienone is 1. The highest BCUT2D eigenvalue weighted by atomic mass is 32.2. The molecule has 8 N–H and O–H groups in total. The number of carboxylic acid groups (broad SMARTS) is 1. The molecule has 2 saturated heterocycles. The monoisotopic (exact) mass is 704 g/mol. The molecule has 3 aliphatic rings. The number of phenols is 1. The maximum atomic E-state index is 13.6. The Kier molecular flexibility index (Phi) is 9.32. The van der Waals surface area contributed by atoms with Gasteiger partial charge >= 0.3 is 5.97 Å². The molecule has 1 unspecified atom stereocenters. The lowest BCUT2D eigenvalue weighted by atomic mass is 9.80. The number of fused-ring (bicyclic) bond motifs is 1. The maximum Gasteiger partial charge on any atom is 0.352 e. The summed E-state index contributed by atoms with van der Waals surface area (Å²) in [5.74, 6) is -4.89. The number of carbonyl (C=O) groups excluding carboxylic acids is 4. The third-order valence-electron chi connectivity index (χ3n) is 8.10. The number of nitrogens with one attached hydrogen (secondary N) is 3. The minimum Gasteiger partial charge on any atom is -0.508 e. The van der Waals surface area contributed by atoms with Crippen molar-refractivity contribution in [1.82, 2.24) is 25.5 Å². The molecule has 18 heteroatoms. The Morgan fingerprint density at radius 3 is 2.59 bits per heavy atom. The molecule has 5 heterocycles. The molecule has 2 aromatic heterocycles. The SMILES string of the molecule is Nc1nc(C(=NO)C(=O)N[C@@H]2C(=O)N3C(C(=O)O)=C(C(=C4CCNC4=O)C(CC(=O)Nc4cccc(O)c4)c4ccncc4)CS[C@H]23)cs1. The molecule has 0 bridgehead atoms. The lowest BCUT2D eigenvalue weighted by molar-refractivity contribution is -0.150. The number of thioether (sulfide) groups is 1. The van der Waals surface area contributed by atoms with E-state index in [1.807, 2.05) is 0 Å². The van der Waals surface area contributed by atoms with Crippen LogP contribution >= 0.6 is 23.1 Å². The number of oxime groups is 1. The molecule has 0 spiro atoms. The fourth-order valence-corrected chi connectivity index (χ4v) is 7.90. The smallest absolute Gasteiger partial charge is 0.352 e. The molecule has 0 radical (unpaired) electrons. The highest BCUT2D eigenvalue weighted by Crippen LogP contribution is 2.47. The minimum absolute atomic E-state index is 0.00260. The maximum absolute atomic E-state index is 13.6. The Balaban J connectivity index is 1.37. The second-order valence-electron chi connectivity index (χ2n) is 11.0. The fourth-order valence-electron chi connectivity index (χ4n) is 5.99. The summed E-state index contributed by atoms with van der Waals surface area (Å²) in [6.45, 7) is 0.289. The number of aliphatic carboxylic acids is 1. The lowest BCUT2D eigenvalue weighted by Gasteiger charge is -2.50. The van der Waals surface area contributed by atoms with Crippen LogP contribution in [0.2, 0.25) is 0 Å². The standard InChI is InChI=1S/C31H28N8O8S2/c32-31-36-20(13-49-31)23(38-47)27(43)37-24-28(44)39-25(30(45)46)19(12-48-29(24)39)22(17-6-9-34-26(17)42)18(14-4-7-33-8-5-14)11-21(41)35-15-2-1-3-16(40)10-15/h1-5,7-8,10,13,18,24,29,40,47H,6,9,11-12H2,(H2,32,36)(H,34,42)(H,35,41)(H,37,43)(H,45,46)/t18?,24-,29-/m1/s1. The molecular formula is C31H28N8O8S2. The summed E-state index contributed by atoms with van der Waals surface area (Å²) in [4.78, 5) is 75.3. The first kappa shape index (κ1) is 33.2. The molecule has 16 nitrogen and oxygen atoms in total. The van der Waals surface area contributed by atoms with Gasteiger partial charge in [-0.15, -0.1) is 23.1 Å². The number of nitrogens with zero attached hydrogens (tertiary/aromatic N) is 4. The molecule has 3 aromatic rings. The van der Waals surface area contributed by atoms with Crippen molar-refractivity contribution in [1.29, 1.82) is 0 Å². The number of carbonyl (C=O) groups is 5. The summed E-state index contributed by atoms with van der Waals surface area (Å²) in [7, 11) is 0. The summed E-state index contributed by atoms with van der Waals surface area (Å²) in [6.07, 6.45) is 3.04. The van der Waals surface area contributed by atoms with Gasteiger partial charge in [0.05, 0.1) is 0 Å². The van der Waals surface area contributed by atoms with E-state index in [2.05, 4.69) is 31.1 Å². The fraction of sp³-hybridized carbons (Fsp3) is 0.226. The number of rotatable bonds is 10. The highest BCUT2D eigenvalue weighted by molar-refractivity contribution is 8.00. The predicted octanol–water partition coefficient (Wildman–Crippen LogP) is 1.37. The van der Waals surface area contributed by atoms with Gasteiger partial charge in [0.1, 0.15) is 28.6 Å². The summed E-state index contributed by atoms with van der Waals surface area (Å²) in [6, 6.07) is 8.14. The van der Waals surface area contributed by atoms with Gasteiger partial charge in [-0.25, -0.2) is 9.78 Å². The third-order valence-corrected chi connectivity index (χ3v) is 10.1. The van der Waals surface area contributed by atoms with Crippen molar-refractivity contribution in [2.45, 2.75) is 30.2 Å². The Hall–Kier alpha value is -5.75. The Labute approximate surface area is 285 Å². The van der Waals surface area contributed by atoms with Crippen LogP contribution < -0.4 is 21.7 Å². The highest BCUT2D eigenvalue weighted by Gasteiger charge is 2.55.